The third kappa shape index (κ3) is 3.97. The van der Waals surface area contributed by atoms with Gasteiger partial charge >= 0.3 is 12.1 Å². The molecule has 0 bridgehead atoms. The Morgan fingerprint density at radius 1 is 1.00 bits per heavy atom. The Balaban J connectivity index is 1.96. The van der Waals surface area contributed by atoms with Crippen molar-refractivity contribution >= 4 is 17.7 Å². The SMILES string of the molecule is COC(=O)c1ccc(NC(=O)Oc2ccc(O)cc2)cc1. The number of hydrogen-bond acceptors (Lipinski definition) is 5. The summed E-state index contributed by atoms with van der Waals surface area (Å²) in [5, 5.41) is 11.6. The van der Waals surface area contributed by atoms with E-state index in [9.17, 15) is 9.59 Å². The van der Waals surface area contributed by atoms with E-state index in [0.717, 1.165) is 0 Å². The van der Waals surface area contributed by atoms with E-state index < -0.39 is 12.1 Å². The molecule has 0 aromatic heterocycles. The molecule has 2 aromatic carbocycles. The molecule has 0 aliphatic rings. The lowest BCUT2D eigenvalue weighted by Gasteiger charge is -2.07. The fourth-order valence-electron chi connectivity index (χ4n) is 1.57. The van der Waals surface area contributed by atoms with E-state index in [0.29, 0.717) is 17.0 Å². The molecule has 0 unspecified atom stereocenters. The standard InChI is InChI=1S/C15H13NO5/c1-20-14(18)10-2-4-11(5-3-10)16-15(19)21-13-8-6-12(17)7-9-13/h2-9,17H,1H3,(H,16,19). The second kappa shape index (κ2) is 6.42. The number of rotatable bonds is 3. The summed E-state index contributed by atoms with van der Waals surface area (Å²) in [7, 11) is 1.30. The summed E-state index contributed by atoms with van der Waals surface area (Å²) >= 11 is 0. The number of phenolic OH excluding ortho intramolecular Hbond substituents is 1. The van der Waals surface area contributed by atoms with E-state index in [4.69, 9.17) is 9.84 Å². The normalized spacial score (nSPS) is 9.76. The predicted molar refractivity (Wildman–Crippen MR) is 75.5 cm³/mol. The average Bonchev–Trinajstić information content (AvgIpc) is 2.49. The van der Waals surface area contributed by atoms with Crippen LogP contribution >= 0.6 is 0 Å². The third-order valence-corrected chi connectivity index (χ3v) is 2.60. The van der Waals surface area contributed by atoms with E-state index in [-0.39, 0.29) is 5.75 Å². The third-order valence-electron chi connectivity index (χ3n) is 2.60. The van der Waals surface area contributed by atoms with Crippen molar-refractivity contribution in [3.8, 4) is 11.5 Å². The molecule has 0 heterocycles. The van der Waals surface area contributed by atoms with Crippen molar-refractivity contribution in [3.63, 3.8) is 0 Å². The van der Waals surface area contributed by atoms with Crippen LogP contribution in [0.5, 0.6) is 11.5 Å². The van der Waals surface area contributed by atoms with Crippen molar-refractivity contribution in [1.29, 1.82) is 0 Å². The van der Waals surface area contributed by atoms with Gasteiger partial charge in [-0.25, -0.2) is 9.59 Å². The number of hydrogen-bond donors (Lipinski definition) is 2. The molecule has 1 amide bonds. The van der Waals surface area contributed by atoms with Gasteiger partial charge in [-0.05, 0) is 48.5 Å². The van der Waals surface area contributed by atoms with Gasteiger partial charge in [-0.3, -0.25) is 5.32 Å². The number of aromatic hydroxyl groups is 1. The Bertz CT molecular complexity index is 634. The lowest BCUT2D eigenvalue weighted by Crippen LogP contribution is -2.16. The highest BCUT2D eigenvalue weighted by atomic mass is 16.6. The lowest BCUT2D eigenvalue weighted by atomic mass is 10.2. The molecular formula is C15H13NO5. The first kappa shape index (κ1) is 14.4. The first-order chi connectivity index (χ1) is 10.1. The fraction of sp³-hybridized carbons (Fsp3) is 0.0667. The molecule has 0 spiro atoms. The van der Waals surface area contributed by atoms with Crippen LogP contribution in [0.15, 0.2) is 48.5 Å². The molecule has 0 radical (unpaired) electrons. The summed E-state index contributed by atoms with van der Waals surface area (Å²) < 4.78 is 9.59. The van der Waals surface area contributed by atoms with Crippen LogP contribution in [0, 0.1) is 0 Å². The lowest BCUT2D eigenvalue weighted by molar-refractivity contribution is 0.0600. The zero-order valence-corrected chi connectivity index (χ0v) is 11.2. The second-order valence-corrected chi connectivity index (χ2v) is 4.08. The minimum atomic E-state index is -0.675. The van der Waals surface area contributed by atoms with E-state index in [2.05, 4.69) is 10.1 Å². The maximum Gasteiger partial charge on any atom is 0.417 e. The Kier molecular flexibility index (Phi) is 4.40. The number of methoxy groups -OCH3 is 1. The molecule has 0 fully saturated rings. The molecule has 0 aliphatic heterocycles. The Hall–Kier alpha value is -3.02. The van der Waals surface area contributed by atoms with Crippen molar-refractivity contribution in [2.75, 3.05) is 12.4 Å². The monoisotopic (exact) mass is 287 g/mol. The van der Waals surface area contributed by atoms with Crippen molar-refractivity contribution < 1.29 is 24.2 Å². The topological polar surface area (TPSA) is 84.9 Å². The van der Waals surface area contributed by atoms with E-state index in [1.807, 2.05) is 0 Å². The maximum absolute atomic E-state index is 11.7. The average molecular weight is 287 g/mol. The Labute approximate surface area is 120 Å². The molecule has 0 atom stereocenters. The van der Waals surface area contributed by atoms with Gasteiger partial charge in [0.25, 0.3) is 0 Å². The van der Waals surface area contributed by atoms with Gasteiger partial charge in [-0.1, -0.05) is 0 Å². The molecule has 21 heavy (non-hydrogen) atoms. The van der Waals surface area contributed by atoms with Gasteiger partial charge in [0.05, 0.1) is 12.7 Å². The van der Waals surface area contributed by atoms with Gasteiger partial charge in [-0.15, -0.1) is 0 Å². The molecule has 2 rings (SSSR count). The van der Waals surface area contributed by atoms with Crippen molar-refractivity contribution in [3.05, 3.63) is 54.1 Å². The van der Waals surface area contributed by atoms with Crippen LogP contribution < -0.4 is 10.1 Å². The predicted octanol–water partition coefficient (Wildman–Crippen LogP) is 2.79. The van der Waals surface area contributed by atoms with Crippen LogP contribution in [0.1, 0.15) is 10.4 Å². The van der Waals surface area contributed by atoms with E-state index >= 15 is 0 Å². The fourth-order valence-corrected chi connectivity index (χ4v) is 1.57. The number of ether oxygens (including phenoxy) is 2. The number of nitrogens with one attached hydrogen (secondary N) is 1. The summed E-state index contributed by atoms with van der Waals surface area (Å²) in [6.07, 6.45) is -0.675. The van der Waals surface area contributed by atoms with Crippen molar-refractivity contribution in [2.45, 2.75) is 0 Å². The van der Waals surface area contributed by atoms with Crippen LogP contribution in [0.3, 0.4) is 0 Å². The molecule has 6 heteroatoms. The van der Waals surface area contributed by atoms with Gasteiger partial charge in [0.15, 0.2) is 0 Å². The van der Waals surface area contributed by atoms with Gasteiger partial charge in [0, 0.05) is 5.69 Å². The molecule has 0 aliphatic carbocycles. The van der Waals surface area contributed by atoms with Crippen LogP contribution in [0.2, 0.25) is 0 Å². The summed E-state index contributed by atoms with van der Waals surface area (Å²) in [4.78, 5) is 22.9. The molecule has 108 valence electrons. The Morgan fingerprint density at radius 3 is 2.19 bits per heavy atom. The molecule has 0 saturated carbocycles. The van der Waals surface area contributed by atoms with Gasteiger partial charge < -0.3 is 14.6 Å². The highest BCUT2D eigenvalue weighted by Crippen LogP contribution is 2.17. The Morgan fingerprint density at radius 2 is 1.62 bits per heavy atom. The van der Waals surface area contributed by atoms with Gasteiger partial charge in [-0.2, -0.15) is 0 Å². The van der Waals surface area contributed by atoms with Gasteiger partial charge in [0.1, 0.15) is 11.5 Å². The van der Waals surface area contributed by atoms with E-state index in [1.165, 1.54) is 43.5 Å². The molecule has 2 N–H and O–H groups in total. The summed E-state index contributed by atoms with van der Waals surface area (Å²) in [5.41, 5.74) is 0.862. The highest BCUT2D eigenvalue weighted by Gasteiger charge is 2.07. The van der Waals surface area contributed by atoms with E-state index in [1.54, 1.807) is 12.1 Å². The first-order valence-corrected chi connectivity index (χ1v) is 6.05. The number of esters is 1. The number of anilines is 1. The van der Waals surface area contributed by atoms with Crippen molar-refractivity contribution in [2.24, 2.45) is 0 Å². The molecule has 0 saturated heterocycles. The summed E-state index contributed by atoms with van der Waals surface area (Å²) in [6, 6.07) is 11.9. The number of carbonyl (C=O) groups is 2. The summed E-state index contributed by atoms with van der Waals surface area (Å²) in [6.45, 7) is 0. The van der Waals surface area contributed by atoms with Gasteiger partial charge in [0.2, 0.25) is 0 Å². The van der Waals surface area contributed by atoms with Crippen molar-refractivity contribution in [1.82, 2.24) is 0 Å². The molecule has 2 aromatic rings. The minimum absolute atomic E-state index is 0.0844. The number of benzene rings is 2. The maximum atomic E-state index is 11.7. The number of phenols is 1. The van der Waals surface area contributed by atoms with Crippen LogP contribution in [0.25, 0.3) is 0 Å². The minimum Gasteiger partial charge on any atom is -0.508 e. The zero-order chi connectivity index (χ0) is 15.2. The second-order valence-electron chi connectivity index (χ2n) is 4.08. The van der Waals surface area contributed by atoms with Crippen LogP contribution in [-0.2, 0) is 4.74 Å². The number of carbonyl (C=O) groups excluding carboxylic acids is 2. The zero-order valence-electron chi connectivity index (χ0n) is 11.2. The summed E-state index contributed by atoms with van der Waals surface area (Å²) in [5.74, 6) is -0.0640. The quantitative estimate of drug-likeness (QED) is 0.848. The highest BCUT2D eigenvalue weighted by molar-refractivity contribution is 5.91. The largest absolute Gasteiger partial charge is 0.508 e. The van der Waals surface area contributed by atoms with Crippen LogP contribution in [-0.4, -0.2) is 24.3 Å². The van der Waals surface area contributed by atoms with Crippen LogP contribution in [0.4, 0.5) is 10.5 Å². The molecule has 6 nitrogen and oxygen atoms in total. The number of amides is 1. The first-order valence-electron chi connectivity index (χ1n) is 6.05. The smallest absolute Gasteiger partial charge is 0.417 e. The molecular weight excluding hydrogens is 274 g/mol.